The lowest BCUT2D eigenvalue weighted by Crippen LogP contribution is -2.22. The summed E-state index contributed by atoms with van der Waals surface area (Å²) in [6.07, 6.45) is 5.57. The molecule has 14 heavy (non-hydrogen) atoms. The Morgan fingerprint density at radius 2 is 2.00 bits per heavy atom. The highest BCUT2D eigenvalue weighted by Gasteiger charge is 2.13. The second kappa shape index (κ2) is 4.63. The fourth-order valence-corrected chi connectivity index (χ4v) is 2.05. The molecule has 0 aliphatic heterocycles. The molecule has 2 rings (SSSR count). The SMILES string of the molecule is ClNC1CC=C(c2ccccc2)CC1. The Morgan fingerprint density at radius 1 is 1.21 bits per heavy atom. The second-order valence-electron chi connectivity index (χ2n) is 3.68. The Kier molecular flexibility index (Phi) is 3.22. The van der Waals surface area contributed by atoms with E-state index in [1.165, 1.54) is 11.1 Å². The highest BCUT2D eigenvalue weighted by molar-refractivity contribution is 6.13. The average Bonchev–Trinajstić information content (AvgIpc) is 2.30. The molecule has 1 aromatic carbocycles. The van der Waals surface area contributed by atoms with Gasteiger partial charge in [0.1, 0.15) is 0 Å². The fourth-order valence-electron chi connectivity index (χ4n) is 1.85. The van der Waals surface area contributed by atoms with Crippen molar-refractivity contribution in [3.63, 3.8) is 0 Å². The molecule has 0 fully saturated rings. The first-order valence-electron chi connectivity index (χ1n) is 5.01. The first kappa shape index (κ1) is 9.75. The largest absolute Gasteiger partial charge is 0.230 e. The van der Waals surface area contributed by atoms with E-state index in [-0.39, 0.29) is 0 Å². The summed E-state index contributed by atoms with van der Waals surface area (Å²) in [6, 6.07) is 11.0. The van der Waals surface area contributed by atoms with E-state index in [4.69, 9.17) is 11.8 Å². The predicted octanol–water partition coefficient (Wildman–Crippen LogP) is 3.37. The van der Waals surface area contributed by atoms with Gasteiger partial charge in [-0.2, -0.15) is 0 Å². The lowest BCUT2D eigenvalue weighted by Gasteiger charge is -2.20. The van der Waals surface area contributed by atoms with Gasteiger partial charge in [-0.3, -0.25) is 0 Å². The Bertz CT molecular complexity index is 318. The zero-order valence-corrected chi connectivity index (χ0v) is 8.80. The number of benzene rings is 1. The molecule has 2 heteroatoms. The standard InChI is InChI=1S/C12H14ClN/c13-14-12-8-6-11(7-9-12)10-4-2-1-3-5-10/h1-6,12,14H,7-9H2. The van der Waals surface area contributed by atoms with E-state index in [0.717, 1.165) is 19.3 Å². The highest BCUT2D eigenvalue weighted by Crippen LogP contribution is 2.26. The summed E-state index contributed by atoms with van der Waals surface area (Å²) in [5.41, 5.74) is 2.80. The molecule has 1 unspecified atom stereocenters. The van der Waals surface area contributed by atoms with Gasteiger partial charge in [-0.1, -0.05) is 36.4 Å². The van der Waals surface area contributed by atoms with Gasteiger partial charge in [0.25, 0.3) is 0 Å². The normalized spacial score (nSPS) is 21.8. The van der Waals surface area contributed by atoms with Gasteiger partial charge < -0.3 is 0 Å². The van der Waals surface area contributed by atoms with Crippen molar-refractivity contribution in [1.29, 1.82) is 0 Å². The Labute approximate surface area is 89.9 Å². The summed E-state index contributed by atoms with van der Waals surface area (Å²) >= 11 is 5.59. The minimum atomic E-state index is 0.448. The average molecular weight is 208 g/mol. The summed E-state index contributed by atoms with van der Waals surface area (Å²) in [5, 5.41) is 0. The van der Waals surface area contributed by atoms with Gasteiger partial charge in [0, 0.05) is 6.04 Å². The maximum Gasteiger partial charge on any atom is 0.0258 e. The van der Waals surface area contributed by atoms with Crippen molar-refractivity contribution in [1.82, 2.24) is 4.84 Å². The molecule has 1 atom stereocenters. The molecule has 1 aliphatic carbocycles. The van der Waals surface area contributed by atoms with Gasteiger partial charge in [-0.25, -0.2) is 4.84 Å². The maximum absolute atomic E-state index is 5.59. The number of hydrogen-bond donors (Lipinski definition) is 1. The van der Waals surface area contributed by atoms with E-state index in [2.05, 4.69) is 41.2 Å². The first-order valence-corrected chi connectivity index (χ1v) is 5.38. The van der Waals surface area contributed by atoms with Crippen LogP contribution in [0.1, 0.15) is 24.8 Å². The molecule has 0 saturated heterocycles. The van der Waals surface area contributed by atoms with Crippen LogP contribution in [-0.2, 0) is 0 Å². The van der Waals surface area contributed by atoms with Crippen molar-refractivity contribution in [2.45, 2.75) is 25.3 Å². The van der Waals surface area contributed by atoms with Crippen molar-refractivity contribution < 1.29 is 0 Å². The van der Waals surface area contributed by atoms with Crippen LogP contribution < -0.4 is 4.84 Å². The summed E-state index contributed by atoms with van der Waals surface area (Å²) in [4.78, 5) is 2.80. The summed E-state index contributed by atoms with van der Waals surface area (Å²) in [6.45, 7) is 0. The first-order chi connectivity index (χ1) is 6.90. The van der Waals surface area contributed by atoms with E-state index in [0.29, 0.717) is 6.04 Å². The summed E-state index contributed by atoms with van der Waals surface area (Å²) < 4.78 is 0. The summed E-state index contributed by atoms with van der Waals surface area (Å²) in [5.74, 6) is 0. The molecular formula is C12H14ClN. The van der Waals surface area contributed by atoms with E-state index >= 15 is 0 Å². The van der Waals surface area contributed by atoms with Crippen LogP contribution in [0.5, 0.6) is 0 Å². The van der Waals surface area contributed by atoms with Crippen LogP contribution >= 0.6 is 11.8 Å². The minimum Gasteiger partial charge on any atom is -0.230 e. The van der Waals surface area contributed by atoms with Gasteiger partial charge in [0.05, 0.1) is 0 Å². The fraction of sp³-hybridized carbons (Fsp3) is 0.333. The molecule has 0 bridgehead atoms. The van der Waals surface area contributed by atoms with Crippen LogP contribution in [0.4, 0.5) is 0 Å². The molecule has 0 saturated carbocycles. The summed E-state index contributed by atoms with van der Waals surface area (Å²) in [7, 11) is 0. The van der Waals surface area contributed by atoms with Gasteiger partial charge in [0.15, 0.2) is 0 Å². The van der Waals surface area contributed by atoms with Gasteiger partial charge in [-0.05, 0) is 42.2 Å². The van der Waals surface area contributed by atoms with Crippen molar-refractivity contribution in [2.24, 2.45) is 0 Å². The Morgan fingerprint density at radius 3 is 2.57 bits per heavy atom. The monoisotopic (exact) mass is 207 g/mol. The van der Waals surface area contributed by atoms with Crippen molar-refractivity contribution in [2.75, 3.05) is 0 Å². The number of rotatable bonds is 2. The minimum absolute atomic E-state index is 0.448. The van der Waals surface area contributed by atoms with E-state index in [1.54, 1.807) is 0 Å². The smallest absolute Gasteiger partial charge is 0.0258 e. The van der Waals surface area contributed by atoms with Crippen molar-refractivity contribution in [3.05, 3.63) is 42.0 Å². The molecule has 1 nitrogen and oxygen atoms in total. The Balaban J connectivity index is 2.11. The molecule has 0 radical (unpaired) electrons. The topological polar surface area (TPSA) is 12.0 Å². The van der Waals surface area contributed by atoms with Crippen LogP contribution in [0.25, 0.3) is 5.57 Å². The third kappa shape index (κ3) is 2.17. The van der Waals surface area contributed by atoms with Crippen LogP contribution in [0.15, 0.2) is 36.4 Å². The lowest BCUT2D eigenvalue weighted by molar-refractivity contribution is 0.574. The quantitative estimate of drug-likeness (QED) is 0.734. The van der Waals surface area contributed by atoms with Crippen molar-refractivity contribution >= 4 is 17.3 Å². The molecule has 74 valence electrons. The van der Waals surface area contributed by atoms with E-state index in [9.17, 15) is 0 Å². The number of halogens is 1. The predicted molar refractivity (Wildman–Crippen MR) is 61.0 cm³/mol. The maximum atomic E-state index is 5.59. The van der Waals surface area contributed by atoms with Crippen molar-refractivity contribution in [3.8, 4) is 0 Å². The Hall–Kier alpha value is -0.790. The van der Waals surface area contributed by atoms with Gasteiger partial charge in [0.2, 0.25) is 0 Å². The number of nitrogens with one attached hydrogen (secondary N) is 1. The number of allylic oxidation sites excluding steroid dienone is 1. The van der Waals surface area contributed by atoms with Gasteiger partial charge in [-0.15, -0.1) is 0 Å². The lowest BCUT2D eigenvalue weighted by atomic mass is 9.91. The molecule has 1 N–H and O–H groups in total. The van der Waals surface area contributed by atoms with Crippen LogP contribution in [-0.4, -0.2) is 6.04 Å². The molecule has 0 aromatic heterocycles. The highest BCUT2D eigenvalue weighted by atomic mass is 35.5. The van der Waals surface area contributed by atoms with Crippen LogP contribution in [0.2, 0.25) is 0 Å². The van der Waals surface area contributed by atoms with E-state index < -0.39 is 0 Å². The van der Waals surface area contributed by atoms with E-state index in [1.807, 2.05) is 0 Å². The van der Waals surface area contributed by atoms with Gasteiger partial charge >= 0.3 is 0 Å². The molecule has 0 heterocycles. The zero-order valence-electron chi connectivity index (χ0n) is 8.04. The van der Waals surface area contributed by atoms with Crippen LogP contribution in [0, 0.1) is 0 Å². The third-order valence-corrected chi connectivity index (χ3v) is 3.02. The zero-order chi connectivity index (χ0) is 9.80. The third-order valence-electron chi connectivity index (χ3n) is 2.71. The molecule has 1 aromatic rings. The molecular weight excluding hydrogens is 194 g/mol. The molecule has 1 aliphatic rings. The number of hydrogen-bond acceptors (Lipinski definition) is 1. The van der Waals surface area contributed by atoms with Crippen LogP contribution in [0.3, 0.4) is 0 Å². The molecule has 0 amide bonds. The molecule has 0 spiro atoms. The second-order valence-corrected chi connectivity index (χ2v) is 3.89.